The zero-order chi connectivity index (χ0) is 11.8. The molecule has 15 heavy (non-hydrogen) atoms. The predicted octanol–water partition coefficient (Wildman–Crippen LogP) is -0.928. The van der Waals surface area contributed by atoms with Gasteiger partial charge in [-0.1, -0.05) is 24.9 Å². The van der Waals surface area contributed by atoms with Crippen LogP contribution < -0.4 is 10.6 Å². The van der Waals surface area contributed by atoms with Gasteiger partial charge in [0.15, 0.2) is 6.29 Å². The molecule has 0 radical (unpaired) electrons. The fourth-order valence-electron chi connectivity index (χ4n) is 0.786. The van der Waals surface area contributed by atoms with Gasteiger partial charge in [-0.2, -0.15) is 0 Å². The number of carbonyl (C=O) groups is 1. The standard InChI is InChI=1S/C9H14N2O3S/c1-3-4-6(9(15)10-2)8(14)11-5-7(12)13/h3-4,7,12-13H,1,5H2,2H3,(H,10,15)(H,11,14)/b6-4-. The number of carbonyl (C=O) groups excluding carboxylic acids is 1. The molecule has 0 heterocycles. The largest absolute Gasteiger partial charge is 0.379 e. The van der Waals surface area contributed by atoms with Crippen molar-refractivity contribution in [3.05, 3.63) is 24.3 Å². The lowest BCUT2D eigenvalue weighted by molar-refractivity contribution is -0.119. The first-order valence-corrected chi connectivity index (χ1v) is 4.62. The van der Waals surface area contributed by atoms with E-state index in [1.165, 1.54) is 12.2 Å². The molecule has 0 saturated heterocycles. The van der Waals surface area contributed by atoms with Crippen molar-refractivity contribution in [1.29, 1.82) is 0 Å². The summed E-state index contributed by atoms with van der Waals surface area (Å²) in [5.74, 6) is -0.484. The van der Waals surface area contributed by atoms with Crippen LogP contribution in [0.2, 0.25) is 0 Å². The topological polar surface area (TPSA) is 81.6 Å². The van der Waals surface area contributed by atoms with Gasteiger partial charge in [-0.05, 0) is 6.08 Å². The molecule has 1 amide bonds. The van der Waals surface area contributed by atoms with E-state index in [2.05, 4.69) is 17.2 Å². The van der Waals surface area contributed by atoms with E-state index in [9.17, 15) is 4.79 Å². The van der Waals surface area contributed by atoms with Crippen LogP contribution in [0, 0.1) is 0 Å². The quantitative estimate of drug-likeness (QED) is 0.212. The van der Waals surface area contributed by atoms with Crippen molar-refractivity contribution in [1.82, 2.24) is 10.6 Å². The van der Waals surface area contributed by atoms with E-state index in [0.29, 0.717) is 0 Å². The van der Waals surface area contributed by atoms with Crippen molar-refractivity contribution in [2.75, 3.05) is 13.6 Å². The second kappa shape index (κ2) is 7.10. The van der Waals surface area contributed by atoms with Gasteiger partial charge in [0.25, 0.3) is 5.91 Å². The fourth-order valence-corrected chi connectivity index (χ4v) is 0.947. The molecular formula is C9H14N2O3S. The average Bonchev–Trinajstić information content (AvgIpc) is 2.21. The molecule has 0 aromatic heterocycles. The van der Waals surface area contributed by atoms with Gasteiger partial charge in [-0.15, -0.1) is 0 Å². The summed E-state index contributed by atoms with van der Waals surface area (Å²) >= 11 is 4.89. The number of nitrogens with one attached hydrogen (secondary N) is 2. The van der Waals surface area contributed by atoms with Gasteiger partial charge in [0.1, 0.15) is 4.99 Å². The molecule has 0 unspecified atom stereocenters. The molecule has 0 fully saturated rings. The van der Waals surface area contributed by atoms with Crippen molar-refractivity contribution in [2.45, 2.75) is 6.29 Å². The van der Waals surface area contributed by atoms with Gasteiger partial charge in [0, 0.05) is 7.05 Å². The van der Waals surface area contributed by atoms with E-state index in [4.69, 9.17) is 22.4 Å². The summed E-state index contributed by atoms with van der Waals surface area (Å²) in [6, 6.07) is 0. The Balaban J connectivity index is 4.51. The Hall–Kier alpha value is -1.24. The molecule has 0 aliphatic heterocycles. The zero-order valence-electron chi connectivity index (χ0n) is 8.36. The van der Waals surface area contributed by atoms with Crippen LogP contribution in [0.1, 0.15) is 0 Å². The van der Waals surface area contributed by atoms with Crippen LogP contribution >= 0.6 is 12.2 Å². The monoisotopic (exact) mass is 230 g/mol. The van der Waals surface area contributed by atoms with Crippen LogP contribution in [0.15, 0.2) is 24.3 Å². The maximum absolute atomic E-state index is 11.5. The lowest BCUT2D eigenvalue weighted by atomic mass is 10.2. The Kier molecular flexibility index (Phi) is 6.52. The molecule has 4 N–H and O–H groups in total. The number of thiocarbonyl (C=S) groups is 1. The highest BCUT2D eigenvalue weighted by atomic mass is 32.1. The van der Waals surface area contributed by atoms with E-state index < -0.39 is 12.2 Å². The van der Waals surface area contributed by atoms with Crippen LogP contribution in [0.25, 0.3) is 0 Å². The molecule has 0 atom stereocenters. The highest BCUT2D eigenvalue weighted by molar-refractivity contribution is 7.80. The average molecular weight is 230 g/mol. The Morgan fingerprint density at radius 3 is 2.60 bits per heavy atom. The summed E-state index contributed by atoms with van der Waals surface area (Å²) in [5, 5.41) is 22.1. The van der Waals surface area contributed by atoms with Crippen molar-refractivity contribution < 1.29 is 15.0 Å². The summed E-state index contributed by atoms with van der Waals surface area (Å²) in [4.78, 5) is 11.7. The molecule has 5 nitrogen and oxygen atoms in total. The normalized spacial score (nSPS) is 11.1. The second-order valence-electron chi connectivity index (χ2n) is 2.59. The third-order valence-electron chi connectivity index (χ3n) is 1.45. The number of hydrogen-bond acceptors (Lipinski definition) is 4. The maximum atomic E-state index is 11.5. The molecule has 0 aliphatic carbocycles. The first-order chi connectivity index (χ1) is 7.02. The lowest BCUT2D eigenvalue weighted by Crippen LogP contribution is -2.36. The molecule has 6 heteroatoms. The van der Waals surface area contributed by atoms with E-state index in [0.717, 1.165) is 0 Å². The van der Waals surface area contributed by atoms with Crippen LogP contribution in [0.4, 0.5) is 0 Å². The molecule has 0 aliphatic rings. The van der Waals surface area contributed by atoms with Crippen molar-refractivity contribution >= 4 is 23.1 Å². The molecule has 0 spiro atoms. The Labute approximate surface area is 93.5 Å². The van der Waals surface area contributed by atoms with E-state index in [-0.39, 0.29) is 17.1 Å². The third-order valence-corrected chi connectivity index (χ3v) is 1.87. The summed E-state index contributed by atoms with van der Waals surface area (Å²) < 4.78 is 0. The Morgan fingerprint density at radius 1 is 1.60 bits per heavy atom. The highest BCUT2D eigenvalue weighted by Gasteiger charge is 2.13. The van der Waals surface area contributed by atoms with Crippen molar-refractivity contribution in [2.24, 2.45) is 0 Å². The number of allylic oxidation sites excluding steroid dienone is 2. The highest BCUT2D eigenvalue weighted by Crippen LogP contribution is 1.97. The first kappa shape index (κ1) is 13.8. The lowest BCUT2D eigenvalue weighted by Gasteiger charge is -2.10. The Bertz CT molecular complexity index is 287. The first-order valence-electron chi connectivity index (χ1n) is 4.22. The second-order valence-corrected chi connectivity index (χ2v) is 2.99. The van der Waals surface area contributed by atoms with Gasteiger partial charge < -0.3 is 20.8 Å². The van der Waals surface area contributed by atoms with Gasteiger partial charge >= 0.3 is 0 Å². The summed E-state index contributed by atoms with van der Waals surface area (Å²) in [6.07, 6.45) is 1.29. The zero-order valence-corrected chi connectivity index (χ0v) is 9.17. The van der Waals surface area contributed by atoms with Crippen LogP contribution in [-0.4, -0.2) is 41.0 Å². The molecule has 0 aromatic rings. The van der Waals surface area contributed by atoms with Gasteiger partial charge in [0.2, 0.25) is 0 Å². The Morgan fingerprint density at radius 2 is 2.20 bits per heavy atom. The van der Waals surface area contributed by atoms with Gasteiger partial charge in [-0.3, -0.25) is 4.79 Å². The van der Waals surface area contributed by atoms with Crippen LogP contribution in [0.5, 0.6) is 0 Å². The molecule has 0 rings (SSSR count). The van der Waals surface area contributed by atoms with E-state index in [1.54, 1.807) is 7.05 Å². The van der Waals surface area contributed by atoms with Gasteiger partial charge in [-0.25, -0.2) is 0 Å². The molecular weight excluding hydrogens is 216 g/mol. The number of amides is 1. The number of aliphatic hydroxyl groups excluding tert-OH is 1. The fraction of sp³-hybridized carbons (Fsp3) is 0.333. The number of likely N-dealkylation sites (N-methyl/N-ethyl adjacent to an activating group) is 1. The molecule has 0 saturated carbocycles. The number of aliphatic hydroxyl groups is 2. The van der Waals surface area contributed by atoms with Gasteiger partial charge in [0.05, 0.1) is 12.1 Å². The summed E-state index contributed by atoms with van der Waals surface area (Å²) in [5.41, 5.74) is 0.225. The third kappa shape index (κ3) is 5.26. The summed E-state index contributed by atoms with van der Waals surface area (Å²) in [6.45, 7) is 3.20. The minimum atomic E-state index is -1.58. The maximum Gasteiger partial charge on any atom is 0.254 e. The predicted molar refractivity (Wildman–Crippen MR) is 61.2 cm³/mol. The summed E-state index contributed by atoms with van der Waals surface area (Å²) in [7, 11) is 1.59. The number of rotatable bonds is 5. The molecule has 0 bridgehead atoms. The van der Waals surface area contributed by atoms with E-state index >= 15 is 0 Å². The molecule has 0 aromatic carbocycles. The smallest absolute Gasteiger partial charge is 0.254 e. The number of hydrogen-bond donors (Lipinski definition) is 4. The van der Waals surface area contributed by atoms with Crippen LogP contribution in [-0.2, 0) is 4.79 Å². The van der Waals surface area contributed by atoms with E-state index in [1.807, 2.05) is 0 Å². The van der Waals surface area contributed by atoms with Crippen molar-refractivity contribution in [3.8, 4) is 0 Å². The minimum absolute atomic E-state index is 0.225. The van der Waals surface area contributed by atoms with Crippen LogP contribution in [0.3, 0.4) is 0 Å². The minimum Gasteiger partial charge on any atom is -0.379 e. The molecule has 84 valence electrons. The van der Waals surface area contributed by atoms with Crippen molar-refractivity contribution in [3.63, 3.8) is 0 Å². The SMILES string of the molecule is C=C/C=C(/C(=O)NCC(O)O)C(=S)NC.